The van der Waals surface area contributed by atoms with Crippen LogP contribution in [0, 0.1) is 6.92 Å². The quantitative estimate of drug-likeness (QED) is 0.788. The van der Waals surface area contributed by atoms with Gasteiger partial charge in [-0.2, -0.15) is 0 Å². The van der Waals surface area contributed by atoms with Gasteiger partial charge in [-0.25, -0.2) is 0 Å². The molecule has 1 aromatic rings. The summed E-state index contributed by atoms with van der Waals surface area (Å²) < 4.78 is 0. The zero-order chi connectivity index (χ0) is 12.1. The van der Waals surface area contributed by atoms with Crippen molar-refractivity contribution in [3.8, 4) is 0 Å². The van der Waals surface area contributed by atoms with Gasteiger partial charge in [0.2, 0.25) is 0 Å². The summed E-state index contributed by atoms with van der Waals surface area (Å²) in [4.78, 5) is 12.9. The third kappa shape index (κ3) is 3.25. The molecule has 1 amide bonds. The third-order valence-corrected chi connectivity index (χ3v) is 3.07. The second kappa shape index (κ2) is 5.92. The van der Waals surface area contributed by atoms with Crippen LogP contribution in [0.2, 0.25) is 0 Å². The molecule has 88 valence electrons. The summed E-state index contributed by atoms with van der Waals surface area (Å²) in [6, 6.07) is 5.58. The Balaban J connectivity index is 2.89. The molecule has 1 aromatic carbocycles. The third-order valence-electron chi connectivity index (χ3n) is 2.34. The highest BCUT2D eigenvalue weighted by Crippen LogP contribution is 2.19. The van der Waals surface area contributed by atoms with Gasteiger partial charge in [0, 0.05) is 16.5 Å². The average molecular weight is 239 g/mol. The number of benzene rings is 1. The Kier molecular flexibility index (Phi) is 4.83. The number of nitrogens with one attached hydrogen (secondary N) is 1. The average Bonchev–Trinajstić information content (AvgIpc) is 2.29. The van der Waals surface area contributed by atoms with E-state index in [4.69, 9.17) is 5.11 Å². The van der Waals surface area contributed by atoms with Crippen LogP contribution in [0.1, 0.15) is 22.8 Å². The standard InChI is InChI=1S/C12H17NO2S/c1-8-4-5-10(16-3)6-11(8)12(15)13-9(2)7-14/h4-6,9,14H,7H2,1-3H3,(H,13,15)/t9-/m0/s1. The summed E-state index contributed by atoms with van der Waals surface area (Å²) in [6.45, 7) is 3.63. The van der Waals surface area contributed by atoms with Crippen molar-refractivity contribution in [1.29, 1.82) is 0 Å². The van der Waals surface area contributed by atoms with Crippen LogP contribution in [0.3, 0.4) is 0 Å². The van der Waals surface area contributed by atoms with Crippen LogP contribution < -0.4 is 5.32 Å². The smallest absolute Gasteiger partial charge is 0.251 e. The molecule has 0 aliphatic carbocycles. The molecule has 0 saturated heterocycles. The Bertz CT molecular complexity index is 379. The molecule has 0 saturated carbocycles. The molecule has 0 heterocycles. The summed E-state index contributed by atoms with van der Waals surface area (Å²) in [5.74, 6) is -0.130. The molecule has 0 bridgehead atoms. The molecule has 0 aromatic heterocycles. The Hall–Kier alpha value is -1.00. The monoisotopic (exact) mass is 239 g/mol. The van der Waals surface area contributed by atoms with Gasteiger partial charge in [-0.15, -0.1) is 11.8 Å². The maximum atomic E-state index is 11.9. The second-order valence-electron chi connectivity index (χ2n) is 3.74. The minimum Gasteiger partial charge on any atom is -0.394 e. The molecule has 0 radical (unpaired) electrons. The van der Waals surface area contributed by atoms with Crippen molar-refractivity contribution < 1.29 is 9.90 Å². The van der Waals surface area contributed by atoms with Gasteiger partial charge in [0.25, 0.3) is 5.91 Å². The number of amides is 1. The van der Waals surface area contributed by atoms with Gasteiger partial charge >= 0.3 is 0 Å². The van der Waals surface area contributed by atoms with Gasteiger partial charge in [-0.05, 0) is 37.8 Å². The Morgan fingerprint density at radius 1 is 1.56 bits per heavy atom. The molecule has 3 nitrogen and oxygen atoms in total. The number of hydrogen-bond acceptors (Lipinski definition) is 3. The van der Waals surface area contributed by atoms with Crippen LogP contribution in [0.15, 0.2) is 23.1 Å². The van der Waals surface area contributed by atoms with Crippen molar-refractivity contribution in [3.05, 3.63) is 29.3 Å². The zero-order valence-electron chi connectivity index (χ0n) is 9.78. The minimum absolute atomic E-state index is 0.0486. The summed E-state index contributed by atoms with van der Waals surface area (Å²) in [6.07, 6.45) is 1.97. The van der Waals surface area contributed by atoms with Crippen molar-refractivity contribution in [2.45, 2.75) is 24.8 Å². The van der Waals surface area contributed by atoms with Crippen LogP contribution in [-0.4, -0.2) is 29.9 Å². The first-order valence-corrected chi connectivity index (χ1v) is 6.37. The molecule has 0 spiro atoms. The molecule has 0 fully saturated rings. The Labute approximate surface area is 100 Å². The van der Waals surface area contributed by atoms with Crippen LogP contribution >= 0.6 is 11.8 Å². The molecule has 0 aliphatic heterocycles. The highest BCUT2D eigenvalue weighted by molar-refractivity contribution is 7.98. The fraction of sp³-hybridized carbons (Fsp3) is 0.417. The van der Waals surface area contributed by atoms with E-state index in [1.165, 1.54) is 0 Å². The second-order valence-corrected chi connectivity index (χ2v) is 4.62. The van der Waals surface area contributed by atoms with Gasteiger partial charge in [-0.1, -0.05) is 6.07 Å². The zero-order valence-corrected chi connectivity index (χ0v) is 10.6. The first kappa shape index (κ1) is 13.1. The summed E-state index contributed by atoms with van der Waals surface area (Å²) in [7, 11) is 0. The molecule has 1 rings (SSSR count). The molecule has 0 unspecified atom stereocenters. The van der Waals surface area contributed by atoms with Gasteiger partial charge in [-0.3, -0.25) is 4.79 Å². The number of aliphatic hydroxyl groups is 1. The van der Waals surface area contributed by atoms with Crippen molar-refractivity contribution in [2.75, 3.05) is 12.9 Å². The summed E-state index contributed by atoms with van der Waals surface area (Å²) >= 11 is 1.60. The van der Waals surface area contributed by atoms with Gasteiger partial charge in [0.1, 0.15) is 0 Å². The predicted molar refractivity (Wildman–Crippen MR) is 67.0 cm³/mol. The minimum atomic E-state index is -0.218. The van der Waals surface area contributed by atoms with E-state index >= 15 is 0 Å². The molecular formula is C12H17NO2S. The maximum absolute atomic E-state index is 11.9. The Morgan fingerprint density at radius 3 is 2.81 bits per heavy atom. The number of carbonyl (C=O) groups is 1. The van der Waals surface area contributed by atoms with E-state index < -0.39 is 0 Å². The van der Waals surface area contributed by atoms with E-state index in [0.29, 0.717) is 5.56 Å². The molecule has 16 heavy (non-hydrogen) atoms. The number of aryl methyl sites for hydroxylation is 1. The lowest BCUT2D eigenvalue weighted by Crippen LogP contribution is -2.35. The van der Waals surface area contributed by atoms with Crippen LogP contribution in [0.4, 0.5) is 0 Å². The van der Waals surface area contributed by atoms with E-state index in [0.717, 1.165) is 10.5 Å². The van der Waals surface area contributed by atoms with Crippen molar-refractivity contribution in [1.82, 2.24) is 5.32 Å². The van der Waals surface area contributed by atoms with E-state index in [-0.39, 0.29) is 18.6 Å². The first-order chi connectivity index (χ1) is 7.58. The van der Waals surface area contributed by atoms with Crippen molar-refractivity contribution in [3.63, 3.8) is 0 Å². The largest absolute Gasteiger partial charge is 0.394 e. The van der Waals surface area contributed by atoms with E-state index in [1.54, 1.807) is 18.7 Å². The summed E-state index contributed by atoms with van der Waals surface area (Å²) in [5.41, 5.74) is 1.62. The van der Waals surface area contributed by atoms with E-state index in [9.17, 15) is 4.79 Å². The lowest BCUT2D eigenvalue weighted by Gasteiger charge is -2.12. The van der Waals surface area contributed by atoms with E-state index in [1.807, 2.05) is 31.4 Å². The van der Waals surface area contributed by atoms with Crippen LogP contribution in [0.25, 0.3) is 0 Å². The summed E-state index contributed by atoms with van der Waals surface area (Å²) in [5, 5.41) is 11.6. The van der Waals surface area contributed by atoms with Crippen molar-refractivity contribution >= 4 is 17.7 Å². The van der Waals surface area contributed by atoms with E-state index in [2.05, 4.69) is 5.32 Å². The lowest BCUT2D eigenvalue weighted by atomic mass is 10.1. The molecule has 1 atom stereocenters. The first-order valence-electron chi connectivity index (χ1n) is 5.15. The fourth-order valence-electron chi connectivity index (χ4n) is 1.32. The number of rotatable bonds is 4. The number of carbonyl (C=O) groups excluding carboxylic acids is 1. The lowest BCUT2D eigenvalue weighted by molar-refractivity contribution is 0.0921. The predicted octanol–water partition coefficient (Wildman–Crippen LogP) is 1.83. The topological polar surface area (TPSA) is 49.3 Å². The van der Waals surface area contributed by atoms with Gasteiger partial charge < -0.3 is 10.4 Å². The van der Waals surface area contributed by atoms with Gasteiger partial charge in [0.15, 0.2) is 0 Å². The SMILES string of the molecule is CSc1ccc(C)c(C(=O)N[C@@H](C)CO)c1. The molecular weight excluding hydrogens is 222 g/mol. The highest BCUT2D eigenvalue weighted by Gasteiger charge is 2.11. The van der Waals surface area contributed by atoms with Gasteiger partial charge in [0.05, 0.1) is 6.61 Å². The van der Waals surface area contributed by atoms with Crippen molar-refractivity contribution in [2.24, 2.45) is 0 Å². The Morgan fingerprint density at radius 2 is 2.25 bits per heavy atom. The highest BCUT2D eigenvalue weighted by atomic mass is 32.2. The molecule has 0 aliphatic rings. The normalized spacial score (nSPS) is 12.2. The number of aliphatic hydroxyl groups excluding tert-OH is 1. The van der Waals surface area contributed by atoms with Crippen LogP contribution in [0.5, 0.6) is 0 Å². The number of thioether (sulfide) groups is 1. The fourth-order valence-corrected chi connectivity index (χ4v) is 1.76. The molecule has 2 N–H and O–H groups in total. The maximum Gasteiger partial charge on any atom is 0.251 e. The number of hydrogen-bond donors (Lipinski definition) is 2. The molecule has 4 heteroatoms. The van der Waals surface area contributed by atoms with Crippen LogP contribution in [-0.2, 0) is 0 Å².